The molecule has 0 saturated heterocycles. The summed E-state index contributed by atoms with van der Waals surface area (Å²) in [6.07, 6.45) is -0.989. The minimum absolute atomic E-state index is 0.128. The summed E-state index contributed by atoms with van der Waals surface area (Å²) in [5, 5.41) is 28.3. The predicted molar refractivity (Wildman–Crippen MR) is 73.5 cm³/mol. The Labute approximate surface area is 127 Å². The zero-order valence-electron chi connectivity index (χ0n) is 12.3. The van der Waals surface area contributed by atoms with Crippen molar-refractivity contribution in [3.05, 3.63) is 0 Å². The second-order valence-electron chi connectivity index (χ2n) is 4.70. The predicted octanol–water partition coefficient (Wildman–Crippen LogP) is 1.06. The molecule has 0 radical (unpaired) electrons. The lowest BCUT2D eigenvalue weighted by Gasteiger charge is -2.17. The maximum Gasteiger partial charge on any atom is 0.408 e. The van der Waals surface area contributed by atoms with E-state index in [1.165, 1.54) is 0 Å². The number of amides is 1. The monoisotopic (exact) mass is 319 g/mol. The highest BCUT2D eigenvalue weighted by Crippen LogP contribution is 2.08. The number of carbonyl (C=O) groups excluding carboxylic acids is 1. The summed E-state index contributed by atoms with van der Waals surface area (Å²) in [5.74, 6) is -3.94. The number of nitrogens with one attached hydrogen (secondary N) is 1. The third kappa shape index (κ3) is 8.77. The van der Waals surface area contributed by atoms with Crippen molar-refractivity contribution in [2.75, 3.05) is 0 Å². The van der Waals surface area contributed by atoms with E-state index >= 15 is 0 Å². The molecular formula is C13H21NO8. The number of alkyl carbamates (subject to hydrolysis) is 1. The van der Waals surface area contributed by atoms with Crippen LogP contribution in [-0.2, 0) is 19.1 Å². The first-order valence-corrected chi connectivity index (χ1v) is 6.92. The average molecular weight is 319 g/mol. The van der Waals surface area contributed by atoms with Gasteiger partial charge >= 0.3 is 24.0 Å². The van der Waals surface area contributed by atoms with E-state index in [1.54, 1.807) is 0 Å². The molecule has 0 heterocycles. The SMILES string of the molecule is CCCCC[C@H](OC(=O)N[C@@H](CCC(=O)O)C(=O)O)C(=O)O. The van der Waals surface area contributed by atoms with E-state index in [2.05, 4.69) is 4.74 Å². The summed E-state index contributed by atoms with van der Waals surface area (Å²) >= 11 is 0. The van der Waals surface area contributed by atoms with Crippen LogP contribution in [0.3, 0.4) is 0 Å². The molecule has 0 unspecified atom stereocenters. The van der Waals surface area contributed by atoms with Crippen molar-refractivity contribution in [1.29, 1.82) is 0 Å². The molecule has 0 aromatic rings. The lowest BCUT2D eigenvalue weighted by molar-refractivity contribution is -0.147. The molecule has 0 aliphatic heterocycles. The Morgan fingerprint density at radius 1 is 1.00 bits per heavy atom. The molecule has 0 fully saturated rings. The number of rotatable bonds is 11. The highest BCUT2D eigenvalue weighted by molar-refractivity contribution is 5.82. The Bertz CT molecular complexity index is 409. The smallest absolute Gasteiger partial charge is 0.408 e. The number of unbranched alkanes of at least 4 members (excludes halogenated alkanes) is 2. The van der Waals surface area contributed by atoms with Gasteiger partial charge in [-0.15, -0.1) is 0 Å². The van der Waals surface area contributed by atoms with Crippen LogP contribution in [0.25, 0.3) is 0 Å². The van der Waals surface area contributed by atoms with Gasteiger partial charge in [0.05, 0.1) is 0 Å². The maximum absolute atomic E-state index is 11.5. The zero-order valence-corrected chi connectivity index (χ0v) is 12.3. The van der Waals surface area contributed by atoms with Crippen LogP contribution >= 0.6 is 0 Å². The molecule has 0 saturated carbocycles. The summed E-state index contributed by atoms with van der Waals surface area (Å²) in [6, 6.07) is -1.45. The highest BCUT2D eigenvalue weighted by atomic mass is 16.6. The first kappa shape index (κ1) is 19.7. The van der Waals surface area contributed by atoms with Gasteiger partial charge < -0.3 is 25.4 Å². The van der Waals surface area contributed by atoms with Gasteiger partial charge in [0.2, 0.25) is 6.10 Å². The molecule has 0 rings (SSSR count). The van der Waals surface area contributed by atoms with E-state index in [4.69, 9.17) is 15.3 Å². The number of carboxylic acids is 3. The zero-order chi connectivity index (χ0) is 17.1. The van der Waals surface area contributed by atoms with Crippen LogP contribution in [0, 0.1) is 0 Å². The molecule has 22 heavy (non-hydrogen) atoms. The molecule has 9 heteroatoms. The molecule has 4 N–H and O–H groups in total. The standard InChI is InChI=1S/C13H21NO8/c1-2-3-4-5-9(12(19)20)22-13(21)14-8(11(17)18)6-7-10(15)16/h8-9H,2-7H2,1H3,(H,14,21)(H,15,16)(H,17,18)(H,19,20)/t8-,9-/m0/s1. The molecule has 9 nitrogen and oxygen atoms in total. The molecule has 0 aliphatic carbocycles. The average Bonchev–Trinajstić information content (AvgIpc) is 2.41. The lowest BCUT2D eigenvalue weighted by Crippen LogP contribution is -2.43. The first-order chi connectivity index (χ1) is 10.3. The third-order valence-corrected chi connectivity index (χ3v) is 2.83. The topological polar surface area (TPSA) is 150 Å². The minimum atomic E-state index is -1.45. The van der Waals surface area contributed by atoms with Gasteiger partial charge in [-0.1, -0.05) is 19.8 Å². The van der Waals surface area contributed by atoms with Crippen LogP contribution in [0.5, 0.6) is 0 Å². The van der Waals surface area contributed by atoms with Crippen molar-refractivity contribution in [1.82, 2.24) is 5.32 Å². The van der Waals surface area contributed by atoms with E-state index in [0.717, 1.165) is 12.8 Å². The van der Waals surface area contributed by atoms with Crippen molar-refractivity contribution >= 4 is 24.0 Å². The Balaban J connectivity index is 4.47. The Morgan fingerprint density at radius 3 is 2.09 bits per heavy atom. The number of hydrogen-bond acceptors (Lipinski definition) is 5. The van der Waals surface area contributed by atoms with Crippen LogP contribution < -0.4 is 5.32 Å². The van der Waals surface area contributed by atoms with E-state index in [-0.39, 0.29) is 12.8 Å². The van der Waals surface area contributed by atoms with Gasteiger partial charge in [-0.05, 0) is 19.3 Å². The molecule has 0 bridgehead atoms. The summed E-state index contributed by atoms with van der Waals surface area (Å²) in [5.41, 5.74) is 0. The van der Waals surface area contributed by atoms with Gasteiger partial charge in [-0.25, -0.2) is 14.4 Å². The van der Waals surface area contributed by atoms with Crippen LogP contribution in [-0.4, -0.2) is 51.5 Å². The number of carbonyl (C=O) groups is 4. The number of aliphatic carboxylic acids is 3. The molecule has 0 aromatic heterocycles. The van der Waals surface area contributed by atoms with Crippen molar-refractivity contribution in [2.24, 2.45) is 0 Å². The summed E-state index contributed by atoms with van der Waals surface area (Å²) in [6.45, 7) is 1.93. The van der Waals surface area contributed by atoms with Gasteiger partial charge in [0, 0.05) is 6.42 Å². The molecule has 2 atom stereocenters. The molecule has 126 valence electrons. The molecule has 0 spiro atoms. The fraction of sp³-hybridized carbons (Fsp3) is 0.692. The van der Waals surface area contributed by atoms with Crippen LogP contribution in [0.4, 0.5) is 4.79 Å². The maximum atomic E-state index is 11.5. The van der Waals surface area contributed by atoms with Gasteiger partial charge in [-0.2, -0.15) is 0 Å². The van der Waals surface area contributed by atoms with Crippen LogP contribution in [0.2, 0.25) is 0 Å². The highest BCUT2D eigenvalue weighted by Gasteiger charge is 2.26. The van der Waals surface area contributed by atoms with Gasteiger partial charge in [0.1, 0.15) is 6.04 Å². The van der Waals surface area contributed by atoms with Crippen molar-refractivity contribution in [3.63, 3.8) is 0 Å². The first-order valence-electron chi connectivity index (χ1n) is 6.92. The molecule has 0 aliphatic rings. The van der Waals surface area contributed by atoms with E-state index < -0.39 is 42.6 Å². The van der Waals surface area contributed by atoms with Crippen LogP contribution in [0.15, 0.2) is 0 Å². The van der Waals surface area contributed by atoms with E-state index in [9.17, 15) is 19.2 Å². The number of carboxylic acid groups (broad SMARTS) is 3. The van der Waals surface area contributed by atoms with E-state index in [0.29, 0.717) is 6.42 Å². The quantitative estimate of drug-likeness (QED) is 0.413. The molecule has 1 amide bonds. The number of ether oxygens (including phenoxy) is 1. The second kappa shape index (κ2) is 10.4. The third-order valence-electron chi connectivity index (χ3n) is 2.83. The van der Waals surface area contributed by atoms with Crippen molar-refractivity contribution < 1.29 is 39.2 Å². The summed E-state index contributed by atoms with van der Waals surface area (Å²) in [7, 11) is 0. The van der Waals surface area contributed by atoms with E-state index in [1.807, 2.05) is 12.2 Å². The van der Waals surface area contributed by atoms with Crippen molar-refractivity contribution in [3.8, 4) is 0 Å². The van der Waals surface area contributed by atoms with Gasteiger partial charge in [0.15, 0.2) is 0 Å². The Kier molecular flexibility index (Phi) is 9.31. The fourth-order valence-corrected chi connectivity index (χ4v) is 1.64. The van der Waals surface area contributed by atoms with Gasteiger partial charge in [0.25, 0.3) is 0 Å². The van der Waals surface area contributed by atoms with Crippen LogP contribution in [0.1, 0.15) is 45.4 Å². The molecular weight excluding hydrogens is 298 g/mol. The Morgan fingerprint density at radius 2 is 1.64 bits per heavy atom. The second-order valence-corrected chi connectivity index (χ2v) is 4.70. The normalized spacial score (nSPS) is 13.0. The fourth-order valence-electron chi connectivity index (χ4n) is 1.64. The van der Waals surface area contributed by atoms with Gasteiger partial charge in [-0.3, -0.25) is 4.79 Å². The number of hydrogen-bond donors (Lipinski definition) is 4. The lowest BCUT2D eigenvalue weighted by atomic mass is 10.1. The Hall–Kier alpha value is -2.32. The van der Waals surface area contributed by atoms with Crippen molar-refractivity contribution in [2.45, 2.75) is 57.6 Å². The molecule has 0 aromatic carbocycles. The summed E-state index contributed by atoms with van der Waals surface area (Å²) < 4.78 is 4.69. The minimum Gasteiger partial charge on any atom is -0.481 e. The largest absolute Gasteiger partial charge is 0.481 e. The summed E-state index contributed by atoms with van der Waals surface area (Å²) in [4.78, 5) is 43.8.